The summed E-state index contributed by atoms with van der Waals surface area (Å²) in [5, 5.41) is 3.33. The third-order valence-corrected chi connectivity index (χ3v) is 7.61. The highest BCUT2D eigenvalue weighted by molar-refractivity contribution is 8.17. The van der Waals surface area contributed by atoms with Gasteiger partial charge in [0.05, 0.1) is 0 Å². The van der Waals surface area contributed by atoms with Crippen molar-refractivity contribution in [2.45, 2.75) is 26.3 Å². The third kappa shape index (κ3) is 4.10. The van der Waals surface area contributed by atoms with Crippen molar-refractivity contribution in [3.05, 3.63) is 83.4 Å². The molecule has 2 aromatic carbocycles. The minimum atomic E-state index is -2.72. The zero-order chi connectivity index (χ0) is 17.0. The van der Waals surface area contributed by atoms with Crippen LogP contribution in [0.4, 0.5) is 0 Å². The summed E-state index contributed by atoms with van der Waals surface area (Å²) in [6, 6.07) is 20.6. The van der Waals surface area contributed by atoms with E-state index in [1.54, 1.807) is 11.8 Å². The fraction of sp³-hybridized carbons (Fsp3) is 0.200. The van der Waals surface area contributed by atoms with Crippen LogP contribution in [0.15, 0.2) is 72.3 Å². The molecule has 2 aromatic rings. The van der Waals surface area contributed by atoms with Crippen molar-refractivity contribution < 1.29 is 4.57 Å². The van der Waals surface area contributed by atoms with Crippen molar-refractivity contribution in [2.24, 2.45) is 0 Å². The summed E-state index contributed by atoms with van der Waals surface area (Å²) in [5.74, 6) is 3.84. The summed E-state index contributed by atoms with van der Waals surface area (Å²) < 4.78 is 13.5. The first-order valence-corrected chi connectivity index (χ1v) is 10.9. The second-order valence-corrected chi connectivity index (χ2v) is 9.25. The van der Waals surface area contributed by atoms with E-state index in [1.165, 1.54) is 0 Å². The van der Waals surface area contributed by atoms with Gasteiger partial charge in [0.15, 0.2) is 7.29 Å². The molecule has 0 fully saturated rings. The number of nitrogens with one attached hydrogen (secondary N) is 1. The van der Waals surface area contributed by atoms with Crippen molar-refractivity contribution >= 4 is 28.9 Å². The van der Waals surface area contributed by atoms with Gasteiger partial charge in [-0.3, -0.25) is 9.65 Å². The van der Waals surface area contributed by atoms with Gasteiger partial charge in [-0.25, -0.2) is 0 Å². The maximum Gasteiger partial charge on any atom is 0.193 e. The van der Waals surface area contributed by atoms with Gasteiger partial charge in [-0.15, -0.1) is 0 Å². The van der Waals surface area contributed by atoms with E-state index in [2.05, 4.69) is 43.2 Å². The molecule has 1 aliphatic rings. The first kappa shape index (κ1) is 17.3. The molecule has 3 rings (SSSR count). The first-order valence-electron chi connectivity index (χ1n) is 8.21. The lowest BCUT2D eigenvalue weighted by molar-refractivity contribution is 0.559. The molecule has 0 aromatic heterocycles. The Labute approximate surface area is 148 Å². The van der Waals surface area contributed by atoms with E-state index in [4.69, 9.17) is 0 Å². The lowest BCUT2D eigenvalue weighted by Gasteiger charge is -2.24. The molecule has 0 spiro atoms. The van der Waals surface area contributed by atoms with Crippen LogP contribution in [0.3, 0.4) is 0 Å². The summed E-state index contributed by atoms with van der Waals surface area (Å²) in [5.41, 5.74) is 2.21. The van der Waals surface area contributed by atoms with Gasteiger partial charge in [-0.1, -0.05) is 79.3 Å². The molecule has 0 saturated heterocycles. The molecule has 1 N–H and O–H groups in total. The van der Waals surface area contributed by atoms with Crippen LogP contribution in [0.2, 0.25) is 0 Å². The predicted molar refractivity (Wildman–Crippen MR) is 107 cm³/mol. The molecule has 1 heterocycles. The van der Waals surface area contributed by atoms with Crippen LogP contribution in [0, 0.1) is 0 Å². The van der Waals surface area contributed by atoms with Gasteiger partial charge in [0.25, 0.3) is 0 Å². The second-order valence-electron chi connectivity index (χ2n) is 5.97. The van der Waals surface area contributed by atoms with E-state index in [0.717, 1.165) is 27.4 Å². The average molecular weight is 355 g/mol. The Bertz CT molecular complexity index is 739. The summed E-state index contributed by atoms with van der Waals surface area (Å²) >= 11 is 1.68. The normalized spacial score (nSPS) is 17.8. The van der Waals surface area contributed by atoms with Crippen molar-refractivity contribution in [2.75, 3.05) is 0 Å². The Morgan fingerprint density at radius 2 is 1.38 bits per heavy atom. The fourth-order valence-corrected chi connectivity index (χ4v) is 6.73. The second kappa shape index (κ2) is 7.57. The smallest absolute Gasteiger partial charge is 0.193 e. The maximum atomic E-state index is 13.5. The van der Waals surface area contributed by atoms with E-state index in [-0.39, 0.29) is 6.04 Å². The van der Waals surface area contributed by atoms with Crippen molar-refractivity contribution in [1.82, 2.24) is 5.09 Å². The molecule has 0 saturated carbocycles. The molecular weight excluding hydrogens is 333 g/mol. The van der Waals surface area contributed by atoms with Gasteiger partial charge >= 0.3 is 0 Å². The Morgan fingerprint density at radius 3 is 1.79 bits per heavy atom. The molecule has 24 heavy (non-hydrogen) atoms. The van der Waals surface area contributed by atoms with Crippen LogP contribution >= 0.6 is 19.1 Å². The van der Waals surface area contributed by atoms with E-state index >= 15 is 0 Å². The molecule has 0 radical (unpaired) electrons. The van der Waals surface area contributed by atoms with Crippen molar-refractivity contribution in [3.63, 3.8) is 0 Å². The van der Waals surface area contributed by atoms with Gasteiger partial charge in [0, 0.05) is 27.5 Å². The Morgan fingerprint density at radius 1 is 0.917 bits per heavy atom. The molecular formula is C20H22NOPS. The van der Waals surface area contributed by atoms with Gasteiger partial charge in [-0.2, -0.15) is 0 Å². The van der Waals surface area contributed by atoms with Gasteiger partial charge < -0.3 is 0 Å². The Hall–Kier alpha value is -1.54. The predicted octanol–water partition coefficient (Wildman–Crippen LogP) is 6.40. The van der Waals surface area contributed by atoms with E-state index in [1.807, 2.05) is 48.0 Å². The molecule has 1 atom stereocenters. The topological polar surface area (TPSA) is 29.1 Å². The largest absolute Gasteiger partial charge is 0.298 e. The molecule has 2 nitrogen and oxygen atoms in total. The summed E-state index contributed by atoms with van der Waals surface area (Å²) in [6.07, 6.45) is 0.945. The molecule has 4 heteroatoms. The first-order chi connectivity index (χ1) is 11.6. The standard InChI is InChI=1S/C20H22NOPS/c1-3-16(2)21-23(22)14-19(17-10-6-4-7-11-17)24-20(15-23)18-12-8-5-9-13-18/h4-16H,3H2,1-2H3,(H,21,22)/t16-/m1/s1. The van der Waals surface area contributed by atoms with Crippen LogP contribution in [0.1, 0.15) is 31.4 Å². The van der Waals surface area contributed by atoms with Crippen molar-refractivity contribution in [1.29, 1.82) is 0 Å². The highest BCUT2D eigenvalue weighted by Gasteiger charge is 2.26. The fourth-order valence-electron chi connectivity index (χ4n) is 2.54. The number of thioether (sulfide) groups is 1. The highest BCUT2D eigenvalue weighted by atomic mass is 32.2. The van der Waals surface area contributed by atoms with Crippen LogP contribution in [-0.4, -0.2) is 6.04 Å². The maximum absolute atomic E-state index is 13.5. The van der Waals surface area contributed by atoms with Crippen molar-refractivity contribution in [3.8, 4) is 0 Å². The van der Waals surface area contributed by atoms with E-state index < -0.39 is 7.29 Å². The summed E-state index contributed by atoms with van der Waals surface area (Å²) in [6.45, 7) is 4.18. The number of benzene rings is 2. The molecule has 124 valence electrons. The third-order valence-electron chi connectivity index (χ3n) is 3.99. The Kier molecular flexibility index (Phi) is 5.45. The average Bonchev–Trinajstić information content (AvgIpc) is 2.62. The number of hydrogen-bond donors (Lipinski definition) is 1. The zero-order valence-corrected chi connectivity index (χ0v) is 15.7. The molecule has 1 aliphatic heterocycles. The van der Waals surface area contributed by atoms with Gasteiger partial charge in [0.2, 0.25) is 0 Å². The number of hydrogen-bond acceptors (Lipinski definition) is 2. The summed E-state index contributed by atoms with van der Waals surface area (Å²) in [4.78, 5) is 2.10. The van der Waals surface area contributed by atoms with Gasteiger partial charge in [0.1, 0.15) is 0 Å². The monoisotopic (exact) mass is 355 g/mol. The van der Waals surface area contributed by atoms with Crippen LogP contribution in [0.25, 0.3) is 9.81 Å². The molecule has 0 amide bonds. The lowest BCUT2D eigenvalue weighted by Crippen LogP contribution is -2.21. The minimum absolute atomic E-state index is 0.209. The number of rotatable bonds is 5. The SMILES string of the molecule is CC[C@@H](C)NP1(=O)C=C(c2ccccc2)SC(c2ccccc2)=C1. The Balaban J connectivity index is 2.03. The summed E-state index contributed by atoms with van der Waals surface area (Å²) in [7, 11) is -2.72. The van der Waals surface area contributed by atoms with E-state index in [9.17, 15) is 4.57 Å². The van der Waals surface area contributed by atoms with Crippen LogP contribution < -0.4 is 5.09 Å². The quantitative estimate of drug-likeness (QED) is 0.630. The minimum Gasteiger partial charge on any atom is -0.298 e. The molecule has 0 aliphatic carbocycles. The van der Waals surface area contributed by atoms with Crippen LogP contribution in [0.5, 0.6) is 0 Å². The zero-order valence-electron chi connectivity index (χ0n) is 14.0. The van der Waals surface area contributed by atoms with Gasteiger partial charge in [-0.05, 0) is 24.5 Å². The van der Waals surface area contributed by atoms with E-state index in [0.29, 0.717) is 0 Å². The van der Waals surface area contributed by atoms with Crippen LogP contribution in [-0.2, 0) is 4.57 Å². The molecule has 0 bridgehead atoms. The lowest BCUT2D eigenvalue weighted by atomic mass is 10.2. The highest BCUT2D eigenvalue weighted by Crippen LogP contribution is 2.58. The molecule has 0 unspecified atom stereocenters.